The number of aryl methyl sites for hydroxylation is 1. The molecule has 2 aromatic carbocycles. The third-order valence-corrected chi connectivity index (χ3v) is 4.54. The molecular weight excluding hydrogens is 319 g/mol. The van der Waals surface area contributed by atoms with Crippen molar-refractivity contribution in [3.8, 4) is 0 Å². The number of carbonyl (C=O) groups excluding carboxylic acids is 2. The number of hydrogen-bond donors (Lipinski definition) is 1. The molecule has 1 N–H and O–H groups in total. The van der Waals surface area contributed by atoms with Gasteiger partial charge in [0, 0.05) is 19.5 Å². The Bertz CT molecular complexity index is 774. The van der Waals surface area contributed by atoms with E-state index in [9.17, 15) is 14.0 Å². The molecule has 0 spiro atoms. The Balaban J connectivity index is 1.60. The van der Waals surface area contributed by atoms with Crippen LogP contribution in [0, 0.1) is 11.7 Å². The third-order valence-electron chi connectivity index (χ3n) is 4.54. The van der Waals surface area contributed by atoms with E-state index < -0.39 is 11.7 Å². The number of para-hydroxylation sites is 1. The molecule has 1 saturated heterocycles. The second kappa shape index (κ2) is 7.47. The summed E-state index contributed by atoms with van der Waals surface area (Å²) in [5.41, 5.74) is 2.50. The smallest absolute Gasteiger partial charge is 0.227 e. The summed E-state index contributed by atoms with van der Waals surface area (Å²) in [6.07, 6.45) is 1.08. The minimum Gasteiger partial charge on any atom is -0.352 e. The standard InChI is InChI=1S/C20H21FN2O2/c1-2-14-7-9-15(10-8-14)12-22-20(25)16-11-19(24)23(13-16)18-6-4-3-5-17(18)21/h3-10,16H,2,11-13H2,1H3,(H,22,25)/t16-/m1/s1. The molecule has 0 radical (unpaired) electrons. The zero-order valence-corrected chi connectivity index (χ0v) is 14.2. The van der Waals surface area contributed by atoms with E-state index in [1.807, 2.05) is 24.3 Å². The summed E-state index contributed by atoms with van der Waals surface area (Å²) in [4.78, 5) is 25.9. The molecule has 3 rings (SSSR count). The molecule has 1 aliphatic heterocycles. The lowest BCUT2D eigenvalue weighted by atomic mass is 10.1. The maximum Gasteiger partial charge on any atom is 0.227 e. The lowest BCUT2D eigenvalue weighted by molar-refractivity contribution is -0.126. The molecule has 5 heteroatoms. The summed E-state index contributed by atoms with van der Waals surface area (Å²) in [6.45, 7) is 2.72. The van der Waals surface area contributed by atoms with Crippen molar-refractivity contribution < 1.29 is 14.0 Å². The van der Waals surface area contributed by atoms with Gasteiger partial charge in [0.25, 0.3) is 0 Å². The average molecular weight is 340 g/mol. The SMILES string of the molecule is CCc1ccc(CNC(=O)[C@@H]2CC(=O)N(c3ccccc3F)C2)cc1. The van der Waals surface area contributed by atoms with Crippen molar-refractivity contribution in [1.82, 2.24) is 5.32 Å². The van der Waals surface area contributed by atoms with E-state index in [1.165, 1.54) is 16.5 Å². The molecule has 25 heavy (non-hydrogen) atoms. The number of benzene rings is 2. The van der Waals surface area contributed by atoms with Gasteiger partial charge in [-0.25, -0.2) is 4.39 Å². The minimum atomic E-state index is -0.456. The lowest BCUT2D eigenvalue weighted by Crippen LogP contribution is -2.32. The number of anilines is 1. The van der Waals surface area contributed by atoms with Crippen LogP contribution in [-0.4, -0.2) is 18.4 Å². The van der Waals surface area contributed by atoms with Crippen molar-refractivity contribution in [3.05, 3.63) is 65.5 Å². The highest BCUT2D eigenvalue weighted by Crippen LogP contribution is 2.27. The summed E-state index contributed by atoms with van der Waals surface area (Å²) in [7, 11) is 0. The predicted octanol–water partition coefficient (Wildman–Crippen LogP) is 3.06. The van der Waals surface area contributed by atoms with Crippen LogP contribution in [0.4, 0.5) is 10.1 Å². The van der Waals surface area contributed by atoms with Crippen LogP contribution in [0.25, 0.3) is 0 Å². The molecular formula is C20H21FN2O2. The molecule has 0 saturated carbocycles. The molecule has 1 aliphatic rings. The molecule has 4 nitrogen and oxygen atoms in total. The summed E-state index contributed by atoms with van der Waals surface area (Å²) in [6, 6.07) is 14.2. The van der Waals surface area contributed by atoms with Crippen LogP contribution in [-0.2, 0) is 22.6 Å². The van der Waals surface area contributed by atoms with E-state index in [2.05, 4.69) is 12.2 Å². The third kappa shape index (κ3) is 3.87. The predicted molar refractivity (Wildman–Crippen MR) is 94.5 cm³/mol. The van der Waals surface area contributed by atoms with E-state index in [1.54, 1.807) is 18.2 Å². The first-order chi connectivity index (χ1) is 12.1. The first-order valence-electron chi connectivity index (χ1n) is 8.49. The van der Waals surface area contributed by atoms with Crippen molar-refractivity contribution >= 4 is 17.5 Å². The van der Waals surface area contributed by atoms with E-state index in [-0.39, 0.29) is 30.5 Å². The summed E-state index contributed by atoms with van der Waals surface area (Å²) in [5, 5.41) is 2.87. The number of nitrogens with one attached hydrogen (secondary N) is 1. The van der Waals surface area contributed by atoms with Gasteiger partial charge in [0.1, 0.15) is 5.82 Å². The van der Waals surface area contributed by atoms with E-state index >= 15 is 0 Å². The largest absolute Gasteiger partial charge is 0.352 e. The normalized spacial score (nSPS) is 17.0. The zero-order chi connectivity index (χ0) is 17.8. The van der Waals surface area contributed by atoms with Gasteiger partial charge in [0.15, 0.2) is 0 Å². The van der Waals surface area contributed by atoms with Gasteiger partial charge in [-0.1, -0.05) is 43.3 Å². The van der Waals surface area contributed by atoms with Crippen molar-refractivity contribution in [2.75, 3.05) is 11.4 Å². The van der Waals surface area contributed by atoms with Gasteiger partial charge in [0.2, 0.25) is 11.8 Å². The van der Waals surface area contributed by atoms with Gasteiger partial charge in [0.05, 0.1) is 11.6 Å². The van der Waals surface area contributed by atoms with Crippen LogP contribution in [0.2, 0.25) is 0 Å². The van der Waals surface area contributed by atoms with Gasteiger partial charge in [-0.2, -0.15) is 0 Å². The first-order valence-corrected chi connectivity index (χ1v) is 8.49. The van der Waals surface area contributed by atoms with E-state index in [4.69, 9.17) is 0 Å². The molecule has 2 amide bonds. The second-order valence-corrected chi connectivity index (χ2v) is 6.24. The summed E-state index contributed by atoms with van der Waals surface area (Å²) in [5.74, 6) is -1.31. The molecule has 1 heterocycles. The molecule has 0 aliphatic carbocycles. The Morgan fingerprint density at radius 3 is 2.52 bits per heavy atom. The monoisotopic (exact) mass is 340 g/mol. The Labute approximate surface area is 146 Å². The number of amides is 2. The van der Waals surface area contributed by atoms with Crippen molar-refractivity contribution in [2.45, 2.75) is 26.3 Å². The lowest BCUT2D eigenvalue weighted by Gasteiger charge is -2.17. The summed E-state index contributed by atoms with van der Waals surface area (Å²) >= 11 is 0. The average Bonchev–Trinajstić information content (AvgIpc) is 3.02. The fraction of sp³-hybridized carbons (Fsp3) is 0.300. The van der Waals surface area contributed by atoms with Crippen LogP contribution in [0.1, 0.15) is 24.5 Å². The Morgan fingerprint density at radius 1 is 1.16 bits per heavy atom. The van der Waals surface area contributed by atoms with Crippen LogP contribution < -0.4 is 10.2 Å². The molecule has 1 atom stereocenters. The van der Waals surface area contributed by atoms with E-state index in [0.717, 1.165) is 12.0 Å². The van der Waals surface area contributed by atoms with Crippen molar-refractivity contribution in [2.24, 2.45) is 5.92 Å². The quantitative estimate of drug-likeness (QED) is 0.909. The molecule has 0 bridgehead atoms. The second-order valence-electron chi connectivity index (χ2n) is 6.24. The first kappa shape index (κ1) is 17.1. The highest BCUT2D eigenvalue weighted by Gasteiger charge is 2.35. The Morgan fingerprint density at radius 2 is 1.84 bits per heavy atom. The molecule has 130 valence electrons. The van der Waals surface area contributed by atoms with Crippen LogP contribution >= 0.6 is 0 Å². The minimum absolute atomic E-state index is 0.106. The van der Waals surface area contributed by atoms with Gasteiger partial charge in [-0.05, 0) is 29.7 Å². The number of halogens is 1. The van der Waals surface area contributed by atoms with Gasteiger partial charge in [-0.15, -0.1) is 0 Å². The Kier molecular flexibility index (Phi) is 5.12. The maximum absolute atomic E-state index is 13.9. The highest BCUT2D eigenvalue weighted by molar-refractivity contribution is 6.00. The zero-order valence-electron chi connectivity index (χ0n) is 14.2. The maximum atomic E-state index is 13.9. The number of carbonyl (C=O) groups is 2. The fourth-order valence-corrected chi connectivity index (χ4v) is 3.01. The molecule has 0 aromatic heterocycles. The van der Waals surface area contributed by atoms with Crippen molar-refractivity contribution in [3.63, 3.8) is 0 Å². The Hall–Kier alpha value is -2.69. The topological polar surface area (TPSA) is 49.4 Å². The van der Waals surface area contributed by atoms with Crippen molar-refractivity contribution in [1.29, 1.82) is 0 Å². The van der Waals surface area contributed by atoms with Gasteiger partial charge in [-0.3, -0.25) is 9.59 Å². The highest BCUT2D eigenvalue weighted by atomic mass is 19.1. The fourth-order valence-electron chi connectivity index (χ4n) is 3.01. The number of rotatable bonds is 5. The van der Waals surface area contributed by atoms with Gasteiger partial charge < -0.3 is 10.2 Å². The molecule has 0 unspecified atom stereocenters. The van der Waals surface area contributed by atoms with E-state index in [0.29, 0.717) is 6.54 Å². The summed E-state index contributed by atoms with van der Waals surface area (Å²) < 4.78 is 13.9. The van der Waals surface area contributed by atoms with Crippen LogP contribution in [0.5, 0.6) is 0 Å². The van der Waals surface area contributed by atoms with Gasteiger partial charge >= 0.3 is 0 Å². The number of hydrogen-bond acceptors (Lipinski definition) is 2. The van der Waals surface area contributed by atoms with Crippen LogP contribution in [0.3, 0.4) is 0 Å². The van der Waals surface area contributed by atoms with Crippen LogP contribution in [0.15, 0.2) is 48.5 Å². The molecule has 1 fully saturated rings. The molecule has 2 aromatic rings. The number of nitrogens with zero attached hydrogens (tertiary/aromatic N) is 1.